The maximum atomic E-state index is 11.6. The molecule has 0 aromatic carbocycles. The number of hydrogen-bond donors (Lipinski definition) is 1. The van der Waals surface area contributed by atoms with Crippen molar-refractivity contribution < 1.29 is 23.8 Å². The number of rotatable bonds is 20. The van der Waals surface area contributed by atoms with E-state index in [-0.39, 0.29) is 11.5 Å². The Labute approximate surface area is 181 Å². The number of carbonyl (C=O) groups is 2. The molecule has 1 aromatic rings. The maximum Gasteiger partial charge on any atom is 0.311 e. The fourth-order valence-corrected chi connectivity index (χ4v) is 3.30. The van der Waals surface area contributed by atoms with Gasteiger partial charge >= 0.3 is 5.97 Å². The van der Waals surface area contributed by atoms with Gasteiger partial charge < -0.3 is 14.3 Å². The molecular weight excluding hydrogens is 380 g/mol. The Kier molecular flexibility index (Phi) is 15.4. The Morgan fingerprint density at radius 3 is 2.07 bits per heavy atom. The number of unbranched alkanes of at least 4 members (excludes halogenated alkanes) is 12. The smallest absolute Gasteiger partial charge is 0.311 e. The summed E-state index contributed by atoms with van der Waals surface area (Å²) in [6.07, 6.45) is 23.1. The number of furan rings is 1. The highest BCUT2D eigenvalue weighted by atomic mass is 16.6. The van der Waals surface area contributed by atoms with E-state index in [0.717, 1.165) is 12.8 Å². The molecule has 1 aromatic heterocycles. The summed E-state index contributed by atoms with van der Waals surface area (Å²) in [5.41, 5.74) is 0.244. The SMILES string of the molecule is CCCCCCCC/C=C/CCCCCCCCOc1cc(C(=O)CC(=O)O)co1. The van der Waals surface area contributed by atoms with Gasteiger partial charge in [0.05, 0.1) is 12.2 Å². The second kappa shape index (κ2) is 17.8. The first kappa shape index (κ1) is 26.0. The highest BCUT2D eigenvalue weighted by Gasteiger charge is 2.14. The minimum atomic E-state index is -1.15. The van der Waals surface area contributed by atoms with Crippen LogP contribution in [0.4, 0.5) is 0 Å². The third-order valence-corrected chi connectivity index (χ3v) is 5.11. The number of carboxylic acids is 1. The van der Waals surface area contributed by atoms with Gasteiger partial charge in [0.15, 0.2) is 5.78 Å². The molecule has 170 valence electrons. The summed E-state index contributed by atoms with van der Waals surface area (Å²) >= 11 is 0. The van der Waals surface area contributed by atoms with E-state index in [4.69, 9.17) is 14.3 Å². The van der Waals surface area contributed by atoms with Gasteiger partial charge in [-0.15, -0.1) is 0 Å². The van der Waals surface area contributed by atoms with E-state index in [1.54, 1.807) is 0 Å². The molecule has 30 heavy (non-hydrogen) atoms. The van der Waals surface area contributed by atoms with Crippen molar-refractivity contribution in [3.63, 3.8) is 0 Å². The average Bonchev–Trinajstić information content (AvgIpc) is 3.19. The molecular formula is C25H40O5. The van der Waals surface area contributed by atoms with Gasteiger partial charge in [-0.3, -0.25) is 9.59 Å². The lowest BCUT2D eigenvalue weighted by molar-refractivity contribution is -0.135. The highest BCUT2D eigenvalue weighted by molar-refractivity contribution is 6.05. The largest absolute Gasteiger partial charge is 0.481 e. The van der Waals surface area contributed by atoms with Gasteiger partial charge in [0.2, 0.25) is 0 Å². The summed E-state index contributed by atoms with van der Waals surface area (Å²) in [4.78, 5) is 22.2. The normalized spacial score (nSPS) is 11.2. The average molecular weight is 421 g/mol. The van der Waals surface area contributed by atoms with E-state index in [1.165, 1.54) is 89.4 Å². The van der Waals surface area contributed by atoms with Gasteiger partial charge in [0, 0.05) is 6.07 Å². The van der Waals surface area contributed by atoms with E-state index >= 15 is 0 Å². The van der Waals surface area contributed by atoms with Crippen molar-refractivity contribution in [3.05, 3.63) is 30.0 Å². The Balaban J connectivity index is 1.89. The van der Waals surface area contributed by atoms with E-state index < -0.39 is 18.2 Å². The minimum Gasteiger partial charge on any atom is -0.481 e. The zero-order chi connectivity index (χ0) is 21.9. The van der Waals surface area contributed by atoms with Gasteiger partial charge in [-0.1, -0.05) is 76.9 Å². The summed E-state index contributed by atoms with van der Waals surface area (Å²) in [6.45, 7) is 2.80. The van der Waals surface area contributed by atoms with Crippen molar-refractivity contribution in [2.75, 3.05) is 6.61 Å². The maximum absolute atomic E-state index is 11.6. The third kappa shape index (κ3) is 14.0. The third-order valence-electron chi connectivity index (χ3n) is 5.11. The molecule has 1 rings (SSSR count). The number of aliphatic carboxylic acids is 1. The lowest BCUT2D eigenvalue weighted by Gasteiger charge is -2.03. The fraction of sp³-hybridized carbons (Fsp3) is 0.680. The molecule has 5 heteroatoms. The Morgan fingerprint density at radius 1 is 0.900 bits per heavy atom. The van der Waals surface area contributed by atoms with Gasteiger partial charge in [-0.25, -0.2) is 0 Å². The molecule has 0 radical (unpaired) electrons. The van der Waals surface area contributed by atoms with Gasteiger partial charge in [0.1, 0.15) is 12.7 Å². The first-order chi connectivity index (χ1) is 14.6. The van der Waals surface area contributed by atoms with Crippen molar-refractivity contribution in [3.8, 4) is 5.95 Å². The number of ketones is 1. The molecule has 0 atom stereocenters. The molecule has 0 saturated heterocycles. The molecule has 0 spiro atoms. The van der Waals surface area contributed by atoms with Crippen molar-refractivity contribution >= 4 is 11.8 Å². The number of Topliss-reactive ketones (excluding diaryl/α,β-unsaturated/α-hetero) is 1. The summed E-state index contributed by atoms with van der Waals surface area (Å²) in [5, 5.41) is 8.63. The zero-order valence-electron chi connectivity index (χ0n) is 18.7. The molecule has 0 unspecified atom stereocenters. The van der Waals surface area contributed by atoms with Crippen molar-refractivity contribution in [2.24, 2.45) is 0 Å². The number of carboxylic acid groups (broad SMARTS) is 1. The quantitative estimate of drug-likeness (QED) is 0.103. The number of carbonyl (C=O) groups excluding carboxylic acids is 1. The van der Waals surface area contributed by atoms with Gasteiger partial charge in [-0.2, -0.15) is 0 Å². The van der Waals surface area contributed by atoms with Crippen LogP contribution in [-0.2, 0) is 4.79 Å². The monoisotopic (exact) mass is 420 g/mol. The minimum absolute atomic E-state index is 0.244. The molecule has 0 aliphatic heterocycles. The van der Waals surface area contributed by atoms with Crippen LogP contribution in [0, 0.1) is 0 Å². The summed E-state index contributed by atoms with van der Waals surface area (Å²) in [6, 6.07) is 1.46. The summed E-state index contributed by atoms with van der Waals surface area (Å²) in [7, 11) is 0. The van der Waals surface area contributed by atoms with Crippen LogP contribution in [-0.4, -0.2) is 23.5 Å². The Hall–Kier alpha value is -2.04. The second-order valence-electron chi connectivity index (χ2n) is 7.93. The van der Waals surface area contributed by atoms with Gasteiger partial charge in [-0.05, 0) is 32.1 Å². The number of ether oxygens (including phenoxy) is 1. The van der Waals surface area contributed by atoms with Crippen molar-refractivity contribution in [1.29, 1.82) is 0 Å². The predicted molar refractivity (Wildman–Crippen MR) is 120 cm³/mol. The predicted octanol–water partition coefficient (Wildman–Crippen LogP) is 7.35. The standard InChI is InChI=1S/C25H40O5/c1-2-3-4-5-6-7-8-9-10-11-12-13-14-15-16-17-18-29-25-19-22(21-30-25)23(26)20-24(27)28/h9-10,19,21H,2-8,11-18,20H2,1H3,(H,27,28)/b10-9+. The molecule has 0 fully saturated rings. The molecule has 0 bridgehead atoms. The van der Waals surface area contributed by atoms with Crippen molar-refractivity contribution in [2.45, 2.75) is 103 Å². The second-order valence-corrected chi connectivity index (χ2v) is 7.93. The molecule has 0 saturated carbocycles. The number of hydrogen-bond acceptors (Lipinski definition) is 4. The molecule has 1 heterocycles. The molecule has 0 amide bonds. The first-order valence-corrected chi connectivity index (χ1v) is 11.7. The van der Waals surface area contributed by atoms with Crippen LogP contribution < -0.4 is 4.74 Å². The van der Waals surface area contributed by atoms with Crippen LogP contribution in [0.3, 0.4) is 0 Å². The van der Waals surface area contributed by atoms with E-state index in [0.29, 0.717) is 6.61 Å². The Bertz CT molecular complexity index is 602. The van der Waals surface area contributed by atoms with Crippen LogP contribution in [0.15, 0.2) is 28.9 Å². The number of allylic oxidation sites excluding steroid dienone is 2. The van der Waals surface area contributed by atoms with Crippen LogP contribution in [0.5, 0.6) is 5.95 Å². The lowest BCUT2D eigenvalue weighted by atomic mass is 10.1. The van der Waals surface area contributed by atoms with E-state index in [2.05, 4.69) is 19.1 Å². The molecule has 0 aliphatic rings. The van der Waals surface area contributed by atoms with Crippen LogP contribution in [0.2, 0.25) is 0 Å². The highest BCUT2D eigenvalue weighted by Crippen LogP contribution is 2.18. The lowest BCUT2D eigenvalue weighted by Crippen LogP contribution is -2.05. The van der Waals surface area contributed by atoms with Crippen LogP contribution in [0.1, 0.15) is 114 Å². The molecule has 0 aliphatic carbocycles. The topological polar surface area (TPSA) is 76.7 Å². The molecule has 5 nitrogen and oxygen atoms in total. The zero-order valence-corrected chi connectivity index (χ0v) is 18.7. The van der Waals surface area contributed by atoms with E-state index in [1.807, 2.05) is 0 Å². The summed E-state index contributed by atoms with van der Waals surface area (Å²) in [5.74, 6) is -1.34. The Morgan fingerprint density at radius 2 is 1.47 bits per heavy atom. The van der Waals surface area contributed by atoms with Crippen LogP contribution in [0.25, 0.3) is 0 Å². The first-order valence-electron chi connectivity index (χ1n) is 11.7. The van der Waals surface area contributed by atoms with Crippen LogP contribution >= 0.6 is 0 Å². The van der Waals surface area contributed by atoms with E-state index in [9.17, 15) is 9.59 Å². The molecule has 1 N–H and O–H groups in total. The van der Waals surface area contributed by atoms with Crippen molar-refractivity contribution in [1.82, 2.24) is 0 Å². The summed E-state index contributed by atoms with van der Waals surface area (Å²) < 4.78 is 10.6. The van der Waals surface area contributed by atoms with Gasteiger partial charge in [0.25, 0.3) is 5.95 Å². The fourth-order valence-electron chi connectivity index (χ4n) is 3.30.